The summed E-state index contributed by atoms with van der Waals surface area (Å²) in [4.78, 5) is 12.9. The number of amides is 1. The van der Waals surface area contributed by atoms with Gasteiger partial charge in [0.05, 0.1) is 12.2 Å². The SMILES string of the molecule is O=C(c1cccc2c1OCC2)N1CCC(c2ccccc2)S1(=O)=O. The van der Waals surface area contributed by atoms with Crippen molar-refractivity contribution < 1.29 is 17.9 Å². The van der Waals surface area contributed by atoms with Gasteiger partial charge in [-0.15, -0.1) is 0 Å². The summed E-state index contributed by atoms with van der Waals surface area (Å²) in [5.74, 6) is 0.0352. The van der Waals surface area contributed by atoms with Gasteiger partial charge in [0.25, 0.3) is 5.91 Å². The summed E-state index contributed by atoms with van der Waals surface area (Å²) in [7, 11) is -3.72. The van der Waals surface area contributed by atoms with Crippen molar-refractivity contribution in [3.63, 3.8) is 0 Å². The maximum Gasteiger partial charge on any atom is 0.271 e. The molecular formula is C18H17NO4S. The number of para-hydroxylation sites is 1. The quantitative estimate of drug-likeness (QED) is 0.841. The highest BCUT2D eigenvalue weighted by molar-refractivity contribution is 7.90. The van der Waals surface area contributed by atoms with Crippen molar-refractivity contribution in [1.29, 1.82) is 0 Å². The number of hydrogen-bond acceptors (Lipinski definition) is 4. The second kappa shape index (κ2) is 5.63. The van der Waals surface area contributed by atoms with Crippen molar-refractivity contribution in [3.05, 3.63) is 65.2 Å². The Morgan fingerprint density at radius 3 is 2.67 bits per heavy atom. The molecule has 0 N–H and O–H groups in total. The van der Waals surface area contributed by atoms with Crippen LogP contribution in [0.2, 0.25) is 0 Å². The molecule has 4 rings (SSSR count). The van der Waals surface area contributed by atoms with Crippen molar-refractivity contribution in [2.45, 2.75) is 18.1 Å². The summed E-state index contributed by atoms with van der Waals surface area (Å²) in [5, 5.41) is -0.666. The molecule has 124 valence electrons. The van der Waals surface area contributed by atoms with Gasteiger partial charge in [-0.3, -0.25) is 4.79 Å². The van der Waals surface area contributed by atoms with Crippen LogP contribution in [0.25, 0.3) is 0 Å². The normalized spacial score (nSPS) is 21.3. The molecule has 0 spiro atoms. The highest BCUT2D eigenvalue weighted by atomic mass is 32.2. The molecule has 0 bridgehead atoms. The van der Waals surface area contributed by atoms with Gasteiger partial charge in [-0.1, -0.05) is 42.5 Å². The Hall–Kier alpha value is -2.34. The van der Waals surface area contributed by atoms with Crippen LogP contribution in [0.1, 0.15) is 33.2 Å². The third kappa shape index (κ3) is 2.29. The molecule has 1 fully saturated rings. The first-order valence-electron chi connectivity index (χ1n) is 7.94. The third-order valence-electron chi connectivity index (χ3n) is 4.60. The topological polar surface area (TPSA) is 63.7 Å². The fourth-order valence-electron chi connectivity index (χ4n) is 3.41. The van der Waals surface area contributed by atoms with Crippen LogP contribution in [-0.4, -0.2) is 31.8 Å². The lowest BCUT2D eigenvalue weighted by molar-refractivity contribution is 0.0866. The van der Waals surface area contributed by atoms with E-state index in [9.17, 15) is 13.2 Å². The Morgan fingerprint density at radius 1 is 1.08 bits per heavy atom. The van der Waals surface area contributed by atoms with E-state index in [2.05, 4.69) is 0 Å². The molecule has 0 aromatic heterocycles. The van der Waals surface area contributed by atoms with Crippen LogP contribution >= 0.6 is 0 Å². The van der Waals surface area contributed by atoms with E-state index in [4.69, 9.17) is 4.74 Å². The highest BCUT2D eigenvalue weighted by Crippen LogP contribution is 2.38. The van der Waals surface area contributed by atoms with Crippen LogP contribution in [0.5, 0.6) is 5.75 Å². The molecule has 0 radical (unpaired) electrons. The van der Waals surface area contributed by atoms with Gasteiger partial charge in [-0.25, -0.2) is 12.7 Å². The molecule has 2 aromatic carbocycles. The number of carbonyl (C=O) groups excluding carboxylic acids is 1. The number of ether oxygens (including phenoxy) is 1. The van der Waals surface area contributed by atoms with Crippen molar-refractivity contribution in [2.24, 2.45) is 0 Å². The lowest BCUT2D eigenvalue weighted by Crippen LogP contribution is -2.33. The average molecular weight is 343 g/mol. The molecule has 1 atom stereocenters. The van der Waals surface area contributed by atoms with E-state index >= 15 is 0 Å². The number of fused-ring (bicyclic) bond motifs is 1. The molecule has 6 heteroatoms. The van der Waals surface area contributed by atoms with Gasteiger partial charge in [-0.05, 0) is 23.6 Å². The molecule has 24 heavy (non-hydrogen) atoms. The van der Waals surface area contributed by atoms with Crippen molar-refractivity contribution in [1.82, 2.24) is 4.31 Å². The minimum Gasteiger partial charge on any atom is -0.492 e. The van der Waals surface area contributed by atoms with Crippen LogP contribution in [0, 0.1) is 0 Å². The van der Waals surface area contributed by atoms with Crippen LogP contribution in [-0.2, 0) is 16.4 Å². The predicted octanol–water partition coefficient (Wildman–Crippen LogP) is 2.54. The number of carbonyl (C=O) groups is 1. The first-order chi connectivity index (χ1) is 11.6. The molecule has 1 amide bonds. The number of benzene rings is 2. The van der Waals surface area contributed by atoms with Crippen LogP contribution in [0.4, 0.5) is 0 Å². The van der Waals surface area contributed by atoms with E-state index in [1.54, 1.807) is 24.3 Å². The zero-order valence-electron chi connectivity index (χ0n) is 13.0. The maximum atomic E-state index is 12.9. The first-order valence-corrected chi connectivity index (χ1v) is 9.45. The largest absolute Gasteiger partial charge is 0.492 e. The first kappa shape index (κ1) is 15.2. The number of rotatable bonds is 2. The van der Waals surface area contributed by atoms with Crippen LogP contribution in [0.3, 0.4) is 0 Å². The minimum atomic E-state index is -3.72. The molecule has 0 saturated carbocycles. The predicted molar refractivity (Wildman–Crippen MR) is 89.4 cm³/mol. The Bertz CT molecular complexity index is 892. The molecule has 5 nitrogen and oxygen atoms in total. The zero-order chi connectivity index (χ0) is 16.7. The maximum absolute atomic E-state index is 12.9. The van der Waals surface area contributed by atoms with Gasteiger partial charge in [0.15, 0.2) is 0 Å². The lowest BCUT2D eigenvalue weighted by Gasteiger charge is -2.18. The van der Waals surface area contributed by atoms with Gasteiger partial charge in [-0.2, -0.15) is 0 Å². The second-order valence-electron chi connectivity index (χ2n) is 6.00. The Balaban J connectivity index is 1.69. The standard InChI is InChI=1S/C18H17NO4S/c20-18(15-8-4-7-14-10-12-23-17(14)15)19-11-9-16(24(19,21)22)13-5-2-1-3-6-13/h1-8,16H,9-12H2. The summed E-state index contributed by atoms with van der Waals surface area (Å²) in [6, 6.07) is 14.4. The molecular weight excluding hydrogens is 326 g/mol. The molecule has 2 aliphatic heterocycles. The van der Waals surface area contributed by atoms with Crippen LogP contribution < -0.4 is 4.74 Å². The lowest BCUT2D eigenvalue weighted by atomic mass is 10.1. The third-order valence-corrected chi connectivity index (χ3v) is 6.79. The van der Waals surface area contributed by atoms with E-state index in [1.807, 2.05) is 24.3 Å². The average Bonchev–Trinajstić information content (AvgIpc) is 3.18. The Labute approximate surface area is 140 Å². The van der Waals surface area contributed by atoms with E-state index in [-0.39, 0.29) is 6.54 Å². The number of sulfonamides is 1. The Kier molecular flexibility index (Phi) is 3.57. The number of hydrogen-bond donors (Lipinski definition) is 0. The minimum absolute atomic E-state index is 0.199. The summed E-state index contributed by atoms with van der Waals surface area (Å²) in [5.41, 5.74) is 2.02. The van der Waals surface area contributed by atoms with E-state index < -0.39 is 21.2 Å². The summed E-state index contributed by atoms with van der Waals surface area (Å²) >= 11 is 0. The van der Waals surface area contributed by atoms with Gasteiger partial charge in [0.2, 0.25) is 10.0 Å². The monoisotopic (exact) mass is 343 g/mol. The molecule has 2 heterocycles. The molecule has 2 aromatic rings. The van der Waals surface area contributed by atoms with Gasteiger partial charge in [0.1, 0.15) is 11.0 Å². The fraction of sp³-hybridized carbons (Fsp3) is 0.278. The summed E-state index contributed by atoms with van der Waals surface area (Å²) in [6.45, 7) is 0.726. The molecule has 1 unspecified atom stereocenters. The van der Waals surface area contributed by atoms with E-state index in [0.717, 1.165) is 21.9 Å². The highest BCUT2D eigenvalue weighted by Gasteiger charge is 2.43. The van der Waals surface area contributed by atoms with Gasteiger partial charge in [0, 0.05) is 13.0 Å². The van der Waals surface area contributed by atoms with Crippen LogP contribution in [0.15, 0.2) is 48.5 Å². The van der Waals surface area contributed by atoms with E-state index in [1.165, 1.54) is 0 Å². The van der Waals surface area contributed by atoms with Crippen molar-refractivity contribution >= 4 is 15.9 Å². The number of nitrogens with zero attached hydrogens (tertiary/aromatic N) is 1. The molecule has 2 aliphatic rings. The summed E-state index contributed by atoms with van der Waals surface area (Å²) < 4.78 is 32.3. The Morgan fingerprint density at radius 2 is 1.88 bits per heavy atom. The van der Waals surface area contributed by atoms with Gasteiger partial charge >= 0.3 is 0 Å². The fourth-order valence-corrected chi connectivity index (χ4v) is 5.31. The van der Waals surface area contributed by atoms with Gasteiger partial charge < -0.3 is 4.74 Å². The second-order valence-corrected chi connectivity index (χ2v) is 8.04. The van der Waals surface area contributed by atoms with E-state index in [0.29, 0.717) is 24.3 Å². The van der Waals surface area contributed by atoms with Crippen molar-refractivity contribution in [3.8, 4) is 5.75 Å². The molecule has 0 aliphatic carbocycles. The smallest absolute Gasteiger partial charge is 0.271 e. The molecule has 1 saturated heterocycles. The van der Waals surface area contributed by atoms with Crippen molar-refractivity contribution in [2.75, 3.05) is 13.2 Å². The summed E-state index contributed by atoms with van der Waals surface area (Å²) in [6.07, 6.45) is 1.16. The zero-order valence-corrected chi connectivity index (χ0v) is 13.8.